The van der Waals surface area contributed by atoms with Gasteiger partial charge in [0.25, 0.3) is 5.56 Å². The molecule has 2 rings (SSSR count). The van der Waals surface area contributed by atoms with Gasteiger partial charge in [0.2, 0.25) is 0 Å². The van der Waals surface area contributed by atoms with Crippen LogP contribution in [0.5, 0.6) is 0 Å². The number of rotatable bonds is 5. The van der Waals surface area contributed by atoms with E-state index in [0.717, 1.165) is 6.20 Å². The van der Waals surface area contributed by atoms with E-state index >= 15 is 0 Å². The predicted octanol–water partition coefficient (Wildman–Crippen LogP) is -2.24. The molecule has 1 unspecified atom stereocenters. The number of aromatic nitrogens is 2. The van der Waals surface area contributed by atoms with E-state index in [-0.39, 0.29) is 5.56 Å². The molecule has 1 aliphatic rings. The largest absolute Gasteiger partial charge is 0.469 e. The van der Waals surface area contributed by atoms with E-state index in [1.807, 2.05) is 4.98 Å². The van der Waals surface area contributed by atoms with Gasteiger partial charge in [-0.2, -0.15) is 0 Å². The van der Waals surface area contributed by atoms with Crippen molar-refractivity contribution in [1.29, 1.82) is 0 Å². The summed E-state index contributed by atoms with van der Waals surface area (Å²) in [5.41, 5.74) is -3.63. The van der Waals surface area contributed by atoms with Crippen LogP contribution in [0.1, 0.15) is 11.8 Å². The highest BCUT2D eigenvalue weighted by Crippen LogP contribution is 2.53. The Morgan fingerprint density at radius 3 is 2.40 bits per heavy atom. The van der Waals surface area contributed by atoms with Crippen molar-refractivity contribution in [2.75, 3.05) is 6.61 Å². The zero-order valence-electron chi connectivity index (χ0n) is 12.6. The van der Waals surface area contributed by atoms with Crippen molar-refractivity contribution >= 4 is 15.4 Å². The molecule has 25 heavy (non-hydrogen) atoms. The zero-order valence-corrected chi connectivity index (χ0v) is 14.4. The summed E-state index contributed by atoms with van der Waals surface area (Å²) in [5.74, 6) is 0. The van der Waals surface area contributed by atoms with Gasteiger partial charge in [-0.25, -0.2) is 9.36 Å². The highest BCUT2D eigenvalue weighted by molar-refractivity contribution is 7.52. The molecule has 0 bridgehead atoms. The first-order chi connectivity index (χ1) is 11.3. The van der Waals surface area contributed by atoms with Crippen LogP contribution in [-0.2, 0) is 18.4 Å². The summed E-state index contributed by atoms with van der Waals surface area (Å²) in [5, 5.41) is 10.1. The van der Waals surface area contributed by atoms with Crippen molar-refractivity contribution < 1.29 is 43.1 Å². The average Bonchev–Trinajstić information content (AvgIpc) is 2.76. The summed E-state index contributed by atoms with van der Waals surface area (Å²) in [7, 11) is -9.94. The highest BCUT2D eigenvalue weighted by atomic mass is 31.2. The van der Waals surface area contributed by atoms with Gasteiger partial charge in [-0.1, -0.05) is 0 Å². The second kappa shape index (κ2) is 6.88. The van der Waals surface area contributed by atoms with Crippen molar-refractivity contribution in [1.82, 2.24) is 9.55 Å². The Morgan fingerprint density at radius 2 is 1.88 bits per heavy atom. The summed E-state index contributed by atoms with van der Waals surface area (Å²) in [6.07, 6.45) is -4.12. The van der Waals surface area contributed by atoms with E-state index in [1.54, 1.807) is 0 Å². The maximum absolute atomic E-state index is 11.9. The lowest BCUT2D eigenvalue weighted by molar-refractivity contribution is -0.0452. The Morgan fingerprint density at radius 1 is 1.28 bits per heavy atom. The van der Waals surface area contributed by atoms with Crippen LogP contribution in [0.3, 0.4) is 0 Å². The normalized spacial score (nSPS) is 27.6. The average molecular weight is 402 g/mol. The van der Waals surface area contributed by atoms with E-state index in [4.69, 9.17) is 14.5 Å². The molecule has 0 aliphatic carbocycles. The first kappa shape index (κ1) is 20.2. The summed E-state index contributed by atoms with van der Waals surface area (Å²) >= 11 is 0. The van der Waals surface area contributed by atoms with Crippen molar-refractivity contribution in [2.24, 2.45) is 0 Å². The van der Waals surface area contributed by atoms with Crippen LogP contribution in [0.15, 0.2) is 15.8 Å². The molecule has 0 radical (unpaired) electrons. The van der Waals surface area contributed by atoms with E-state index in [2.05, 4.69) is 4.52 Å². The van der Waals surface area contributed by atoms with Crippen LogP contribution in [0, 0.1) is 6.92 Å². The number of hydrogen-bond donors (Lipinski definition) is 6. The van der Waals surface area contributed by atoms with Gasteiger partial charge in [-0.05, 0) is 6.92 Å². The lowest BCUT2D eigenvalue weighted by Crippen LogP contribution is -2.38. The molecular weight excluding hydrogens is 386 g/mol. The molecule has 0 spiro atoms. The molecule has 0 aromatic carbocycles. The number of H-pyrrole nitrogens is 1. The second-order valence-corrected chi connectivity index (χ2v) is 8.41. The Bertz CT molecular complexity index is 851. The summed E-state index contributed by atoms with van der Waals surface area (Å²) < 4.78 is 32.5. The number of aryl methyl sites for hydroxylation is 1. The van der Waals surface area contributed by atoms with Crippen LogP contribution < -0.4 is 11.2 Å². The molecule has 0 saturated carbocycles. The maximum atomic E-state index is 11.9. The summed E-state index contributed by atoms with van der Waals surface area (Å²) in [4.78, 5) is 61.6. The van der Waals surface area contributed by atoms with Gasteiger partial charge in [0.05, 0.1) is 6.61 Å². The molecular formula is C10H16N2O11P2. The van der Waals surface area contributed by atoms with E-state index in [0.29, 0.717) is 4.57 Å². The fourth-order valence-corrected chi connectivity index (χ4v) is 3.88. The number of nitrogens with one attached hydrogen (secondary N) is 1. The van der Waals surface area contributed by atoms with E-state index in [9.17, 15) is 33.6 Å². The van der Waals surface area contributed by atoms with Crippen LogP contribution in [0.2, 0.25) is 0 Å². The standard InChI is InChI=1S/C10H16N2O11P2/c1-4-2-12(10(15)11-8(4)14)9-7(24(16,17)18)6(13)5(23-9)3-22-25(19,20)21/h2,5-7,9,13H,3H2,1H3,(H,11,14,15)(H2,16,17,18)(H2,19,20,21)/t5-,6-,7?,9-/m1/s1. The fourth-order valence-electron chi connectivity index (χ4n) is 2.41. The second-order valence-electron chi connectivity index (χ2n) is 5.40. The summed E-state index contributed by atoms with van der Waals surface area (Å²) in [6.45, 7) is 0.455. The molecule has 1 aliphatic heterocycles. The molecule has 15 heteroatoms. The Kier molecular flexibility index (Phi) is 5.55. The molecule has 1 fully saturated rings. The number of ether oxygens (including phenoxy) is 1. The van der Waals surface area contributed by atoms with Crippen molar-refractivity contribution in [3.8, 4) is 0 Å². The molecule has 6 N–H and O–H groups in total. The first-order valence-corrected chi connectivity index (χ1v) is 9.93. The molecule has 142 valence electrons. The van der Waals surface area contributed by atoms with Gasteiger partial charge in [-0.15, -0.1) is 0 Å². The number of nitrogens with zero attached hydrogens (tertiary/aromatic N) is 1. The summed E-state index contributed by atoms with van der Waals surface area (Å²) in [6, 6.07) is 0. The third-order valence-corrected chi connectivity index (χ3v) is 5.38. The van der Waals surface area contributed by atoms with Crippen molar-refractivity contribution in [3.63, 3.8) is 0 Å². The van der Waals surface area contributed by atoms with E-state index in [1.165, 1.54) is 6.92 Å². The number of phosphoric acid groups is 1. The number of aliphatic hydroxyl groups excluding tert-OH is 1. The van der Waals surface area contributed by atoms with Crippen LogP contribution in [0.25, 0.3) is 0 Å². The highest BCUT2D eigenvalue weighted by Gasteiger charge is 2.54. The van der Waals surface area contributed by atoms with Crippen LogP contribution >= 0.6 is 15.4 Å². The molecule has 1 saturated heterocycles. The van der Waals surface area contributed by atoms with Crippen LogP contribution in [-0.4, -0.2) is 58.7 Å². The lowest BCUT2D eigenvalue weighted by Gasteiger charge is -2.22. The quantitative estimate of drug-likeness (QED) is 0.290. The maximum Gasteiger partial charge on any atom is 0.469 e. The number of aliphatic hydroxyl groups is 1. The van der Waals surface area contributed by atoms with Gasteiger partial charge in [0.15, 0.2) is 6.23 Å². The molecule has 13 nitrogen and oxygen atoms in total. The molecule has 1 aromatic heterocycles. The van der Waals surface area contributed by atoms with Gasteiger partial charge in [0.1, 0.15) is 17.9 Å². The minimum atomic E-state index is -5.02. The smallest absolute Gasteiger partial charge is 0.389 e. The Balaban J connectivity index is 2.43. The lowest BCUT2D eigenvalue weighted by atomic mass is 10.2. The van der Waals surface area contributed by atoms with Gasteiger partial charge >= 0.3 is 21.1 Å². The number of phosphoric ester groups is 1. The number of aromatic amines is 1. The zero-order chi connectivity index (χ0) is 19.2. The molecule has 1 aromatic rings. The van der Waals surface area contributed by atoms with Gasteiger partial charge < -0.3 is 29.4 Å². The van der Waals surface area contributed by atoms with Crippen LogP contribution in [0.4, 0.5) is 0 Å². The molecule has 2 heterocycles. The minimum Gasteiger partial charge on any atom is -0.389 e. The minimum absolute atomic E-state index is 0.0390. The third-order valence-electron chi connectivity index (χ3n) is 3.55. The van der Waals surface area contributed by atoms with Gasteiger partial charge in [-0.3, -0.25) is 23.4 Å². The molecule has 4 atom stereocenters. The third kappa shape index (κ3) is 4.53. The Labute approximate surface area is 139 Å². The van der Waals surface area contributed by atoms with Crippen molar-refractivity contribution in [3.05, 3.63) is 32.6 Å². The monoisotopic (exact) mass is 402 g/mol. The van der Waals surface area contributed by atoms with Crippen molar-refractivity contribution in [2.45, 2.75) is 31.0 Å². The molecule has 0 amide bonds. The first-order valence-electron chi connectivity index (χ1n) is 6.72. The predicted molar refractivity (Wildman–Crippen MR) is 79.8 cm³/mol. The fraction of sp³-hybridized carbons (Fsp3) is 0.600. The van der Waals surface area contributed by atoms with Gasteiger partial charge in [0, 0.05) is 11.8 Å². The Hall–Kier alpha value is -1.14. The SMILES string of the molecule is Cc1cn([C@@H]2O[C@H](COP(=O)(O)O)[C@@H](O)C2P(=O)(O)O)c(=O)[nH]c1=O. The number of hydrogen-bond acceptors (Lipinski definition) is 7. The van der Waals surface area contributed by atoms with E-state index < -0.39 is 57.4 Å². The topological polar surface area (TPSA) is 209 Å².